The van der Waals surface area contributed by atoms with E-state index in [1.54, 1.807) is 12.1 Å². The highest BCUT2D eigenvalue weighted by Crippen LogP contribution is 2.19. The lowest BCUT2D eigenvalue weighted by molar-refractivity contribution is -0.122. The summed E-state index contributed by atoms with van der Waals surface area (Å²) in [6.45, 7) is 1.94. The van der Waals surface area contributed by atoms with Gasteiger partial charge in [0.15, 0.2) is 0 Å². The van der Waals surface area contributed by atoms with Crippen LogP contribution in [-0.2, 0) is 11.3 Å². The summed E-state index contributed by atoms with van der Waals surface area (Å²) in [5.74, 6) is -0.322. The Bertz CT molecular complexity index is 897. The number of rotatable bonds is 6. The van der Waals surface area contributed by atoms with Gasteiger partial charge >= 0.3 is 0 Å². The molecule has 0 saturated heterocycles. The van der Waals surface area contributed by atoms with E-state index < -0.39 is 0 Å². The Hall–Kier alpha value is -2.61. The second kappa shape index (κ2) is 8.18. The van der Waals surface area contributed by atoms with Gasteiger partial charge in [-0.3, -0.25) is 4.79 Å². The minimum absolute atomic E-state index is 0.0602. The van der Waals surface area contributed by atoms with Crippen LogP contribution in [0.4, 0.5) is 4.39 Å². The maximum absolute atomic E-state index is 13.3. The van der Waals surface area contributed by atoms with Crippen molar-refractivity contribution in [3.63, 3.8) is 0 Å². The third-order valence-electron chi connectivity index (χ3n) is 3.84. The van der Waals surface area contributed by atoms with Crippen LogP contribution in [0.15, 0.2) is 53.0 Å². The lowest BCUT2D eigenvalue weighted by Gasteiger charge is -2.17. The van der Waals surface area contributed by atoms with Crippen molar-refractivity contribution < 1.29 is 9.18 Å². The van der Waals surface area contributed by atoms with E-state index in [0.717, 1.165) is 16.5 Å². The zero-order valence-electron chi connectivity index (χ0n) is 14.1. The summed E-state index contributed by atoms with van der Waals surface area (Å²) in [4.78, 5) is 13.5. The molecule has 0 fully saturated rings. The Morgan fingerprint density at radius 3 is 2.73 bits per heavy atom. The molecule has 0 spiro atoms. The SMILES string of the molecule is CC[C@@H](NC(=O)Cn1nnc(-c2cccc(F)c2)n1)c1ccc(Br)cc1. The monoisotopic (exact) mass is 417 g/mol. The molecule has 2 aromatic carbocycles. The molecule has 0 radical (unpaired) electrons. The third-order valence-corrected chi connectivity index (χ3v) is 4.37. The van der Waals surface area contributed by atoms with E-state index in [2.05, 4.69) is 36.7 Å². The smallest absolute Gasteiger partial charge is 0.244 e. The van der Waals surface area contributed by atoms with Crippen molar-refractivity contribution in [2.45, 2.75) is 25.9 Å². The minimum atomic E-state index is -0.378. The molecule has 0 unspecified atom stereocenters. The van der Waals surface area contributed by atoms with E-state index in [0.29, 0.717) is 5.56 Å². The number of benzene rings is 2. The van der Waals surface area contributed by atoms with Crippen LogP contribution >= 0.6 is 15.9 Å². The first kappa shape index (κ1) is 18.2. The van der Waals surface area contributed by atoms with Crippen molar-refractivity contribution in [3.05, 3.63) is 64.4 Å². The molecule has 8 heteroatoms. The van der Waals surface area contributed by atoms with E-state index in [-0.39, 0.29) is 30.1 Å². The zero-order chi connectivity index (χ0) is 18.5. The van der Waals surface area contributed by atoms with Crippen LogP contribution < -0.4 is 5.32 Å². The Kier molecular flexibility index (Phi) is 5.72. The highest BCUT2D eigenvalue weighted by molar-refractivity contribution is 9.10. The Morgan fingerprint density at radius 1 is 1.27 bits per heavy atom. The van der Waals surface area contributed by atoms with Gasteiger partial charge in [0.1, 0.15) is 12.4 Å². The van der Waals surface area contributed by atoms with Crippen LogP contribution in [0.2, 0.25) is 0 Å². The van der Waals surface area contributed by atoms with Gasteiger partial charge in [0.05, 0.1) is 6.04 Å². The topological polar surface area (TPSA) is 72.7 Å². The molecule has 0 aliphatic rings. The number of amides is 1. The quantitative estimate of drug-likeness (QED) is 0.665. The highest BCUT2D eigenvalue weighted by Gasteiger charge is 2.15. The number of halogens is 2. The first-order valence-electron chi connectivity index (χ1n) is 8.13. The minimum Gasteiger partial charge on any atom is -0.348 e. The molecule has 3 rings (SSSR count). The van der Waals surface area contributed by atoms with Gasteiger partial charge < -0.3 is 5.32 Å². The van der Waals surface area contributed by atoms with Gasteiger partial charge in [0.2, 0.25) is 11.7 Å². The summed E-state index contributed by atoms with van der Waals surface area (Å²) in [7, 11) is 0. The summed E-state index contributed by atoms with van der Waals surface area (Å²) in [5.41, 5.74) is 1.54. The van der Waals surface area contributed by atoms with Crippen LogP contribution in [0.25, 0.3) is 11.4 Å². The molecule has 0 aliphatic carbocycles. The standard InChI is InChI=1S/C18H17BrFN5O/c1-2-16(12-6-8-14(19)9-7-12)21-17(26)11-25-23-18(22-24-25)13-4-3-5-15(20)10-13/h3-10,16H,2,11H2,1H3,(H,21,26)/t16-/m1/s1. The Morgan fingerprint density at radius 2 is 2.04 bits per heavy atom. The first-order chi connectivity index (χ1) is 12.5. The lowest BCUT2D eigenvalue weighted by Crippen LogP contribution is -2.32. The molecule has 134 valence electrons. The lowest BCUT2D eigenvalue weighted by atomic mass is 10.0. The summed E-state index contributed by atoms with van der Waals surface area (Å²) < 4.78 is 14.3. The molecular weight excluding hydrogens is 401 g/mol. The van der Waals surface area contributed by atoms with Gasteiger partial charge in [-0.15, -0.1) is 10.2 Å². The van der Waals surface area contributed by atoms with Crippen LogP contribution in [0.5, 0.6) is 0 Å². The molecule has 3 aromatic rings. The predicted octanol–water partition coefficient (Wildman–Crippen LogP) is 3.51. The first-order valence-corrected chi connectivity index (χ1v) is 8.93. The third kappa shape index (κ3) is 4.51. The summed E-state index contributed by atoms with van der Waals surface area (Å²) >= 11 is 3.40. The van der Waals surface area contributed by atoms with Gasteiger partial charge in [0, 0.05) is 10.0 Å². The van der Waals surface area contributed by atoms with Gasteiger partial charge in [-0.05, 0) is 41.5 Å². The molecule has 1 atom stereocenters. The number of nitrogens with one attached hydrogen (secondary N) is 1. The van der Waals surface area contributed by atoms with Crippen LogP contribution in [0, 0.1) is 5.82 Å². The van der Waals surface area contributed by atoms with E-state index >= 15 is 0 Å². The van der Waals surface area contributed by atoms with E-state index in [4.69, 9.17) is 0 Å². The van der Waals surface area contributed by atoms with Crippen LogP contribution in [0.1, 0.15) is 24.9 Å². The highest BCUT2D eigenvalue weighted by atomic mass is 79.9. The molecule has 1 heterocycles. The van der Waals surface area contributed by atoms with Gasteiger partial charge in [-0.2, -0.15) is 4.80 Å². The predicted molar refractivity (Wildman–Crippen MR) is 98.5 cm³/mol. The fraction of sp³-hybridized carbons (Fsp3) is 0.222. The molecule has 0 aliphatic heterocycles. The van der Waals surface area contributed by atoms with Crippen molar-refractivity contribution in [2.75, 3.05) is 0 Å². The molecular formula is C18H17BrFN5O. The van der Waals surface area contributed by atoms with Crippen molar-refractivity contribution >= 4 is 21.8 Å². The van der Waals surface area contributed by atoms with Crippen LogP contribution in [0.3, 0.4) is 0 Å². The number of carbonyl (C=O) groups is 1. The summed E-state index contributed by atoms with van der Waals surface area (Å²) in [6.07, 6.45) is 0.757. The second-order valence-electron chi connectivity index (χ2n) is 5.73. The van der Waals surface area contributed by atoms with Crippen LogP contribution in [-0.4, -0.2) is 26.1 Å². The summed E-state index contributed by atoms with van der Waals surface area (Å²) in [5, 5.41) is 14.8. The van der Waals surface area contributed by atoms with Gasteiger partial charge in [0.25, 0.3) is 0 Å². The molecule has 6 nitrogen and oxygen atoms in total. The van der Waals surface area contributed by atoms with Gasteiger partial charge in [-0.25, -0.2) is 4.39 Å². The van der Waals surface area contributed by atoms with E-state index in [1.165, 1.54) is 16.9 Å². The number of carbonyl (C=O) groups excluding carboxylic acids is 1. The molecule has 1 aromatic heterocycles. The average Bonchev–Trinajstić information content (AvgIpc) is 3.09. The van der Waals surface area contributed by atoms with Crippen molar-refractivity contribution in [3.8, 4) is 11.4 Å². The van der Waals surface area contributed by atoms with Crippen molar-refractivity contribution in [1.29, 1.82) is 0 Å². The number of hydrogen-bond acceptors (Lipinski definition) is 4. The second-order valence-corrected chi connectivity index (χ2v) is 6.65. The fourth-order valence-corrected chi connectivity index (χ4v) is 2.80. The van der Waals surface area contributed by atoms with Crippen molar-refractivity contribution in [1.82, 2.24) is 25.5 Å². The maximum Gasteiger partial charge on any atom is 0.244 e. The number of aromatic nitrogens is 4. The molecule has 0 bridgehead atoms. The average molecular weight is 418 g/mol. The van der Waals surface area contributed by atoms with E-state index in [1.807, 2.05) is 31.2 Å². The van der Waals surface area contributed by atoms with E-state index in [9.17, 15) is 9.18 Å². The number of hydrogen-bond donors (Lipinski definition) is 1. The van der Waals surface area contributed by atoms with Gasteiger partial charge in [-0.1, -0.05) is 47.1 Å². The number of nitrogens with zero attached hydrogens (tertiary/aromatic N) is 4. The Balaban J connectivity index is 1.65. The normalized spacial score (nSPS) is 12.0. The molecule has 1 amide bonds. The largest absolute Gasteiger partial charge is 0.348 e. The maximum atomic E-state index is 13.3. The van der Waals surface area contributed by atoms with Crippen molar-refractivity contribution in [2.24, 2.45) is 0 Å². The Labute approximate surface area is 158 Å². The number of tetrazole rings is 1. The molecule has 26 heavy (non-hydrogen) atoms. The zero-order valence-corrected chi connectivity index (χ0v) is 15.6. The fourth-order valence-electron chi connectivity index (χ4n) is 2.54. The molecule has 0 saturated carbocycles. The summed E-state index contributed by atoms with van der Waals surface area (Å²) in [6, 6.07) is 13.6. The molecule has 1 N–H and O–H groups in total.